The predicted molar refractivity (Wildman–Crippen MR) is 62.8 cm³/mol. The lowest BCUT2D eigenvalue weighted by molar-refractivity contribution is -0.126. The van der Waals surface area contributed by atoms with E-state index < -0.39 is 5.60 Å². The molecule has 0 spiro atoms. The second-order valence-corrected chi connectivity index (χ2v) is 5.26. The van der Waals surface area contributed by atoms with Gasteiger partial charge in [-0.15, -0.1) is 0 Å². The Kier molecular flexibility index (Phi) is 3.33. The Hall–Kier alpha value is -0.450. The minimum atomic E-state index is -0.739. The van der Waals surface area contributed by atoms with Gasteiger partial charge in [-0.05, 0) is 23.8 Å². The summed E-state index contributed by atoms with van der Waals surface area (Å²) < 4.78 is 19.0. The van der Waals surface area contributed by atoms with Crippen LogP contribution in [-0.4, -0.2) is 23.9 Å². The first-order valence-corrected chi connectivity index (χ1v) is 6.01. The first kappa shape index (κ1) is 12.0. The second kappa shape index (κ2) is 4.43. The van der Waals surface area contributed by atoms with Crippen molar-refractivity contribution in [2.75, 3.05) is 7.11 Å². The van der Waals surface area contributed by atoms with Crippen LogP contribution in [0.15, 0.2) is 22.7 Å². The number of hydrogen-bond donors (Lipinski definition) is 1. The summed E-state index contributed by atoms with van der Waals surface area (Å²) in [6, 6.07) is 4.53. The molecule has 16 heavy (non-hydrogen) atoms. The second-order valence-electron chi connectivity index (χ2n) is 4.40. The summed E-state index contributed by atoms with van der Waals surface area (Å²) in [6.07, 6.45) is 1.83. The molecule has 0 unspecified atom stereocenters. The van der Waals surface area contributed by atoms with E-state index in [9.17, 15) is 9.50 Å². The van der Waals surface area contributed by atoms with Crippen molar-refractivity contribution in [3.8, 4) is 0 Å². The first-order valence-electron chi connectivity index (χ1n) is 5.21. The standard InChI is InChI=1S/C12H14BrFO2/c1-16-10-6-12(15,7-10)5-8-4-9(14)2-3-11(8)13/h2-4,10,15H,5-7H2,1H3. The Morgan fingerprint density at radius 3 is 2.88 bits per heavy atom. The molecule has 4 heteroatoms. The Bertz CT molecular complexity index is 389. The summed E-state index contributed by atoms with van der Waals surface area (Å²) in [5.74, 6) is -0.274. The van der Waals surface area contributed by atoms with E-state index >= 15 is 0 Å². The Morgan fingerprint density at radius 2 is 2.25 bits per heavy atom. The summed E-state index contributed by atoms with van der Waals surface area (Å²) in [4.78, 5) is 0. The molecule has 2 rings (SSSR count). The minimum absolute atomic E-state index is 0.136. The normalized spacial score (nSPS) is 28.9. The molecule has 0 radical (unpaired) electrons. The highest BCUT2D eigenvalue weighted by atomic mass is 79.9. The number of hydrogen-bond acceptors (Lipinski definition) is 2. The highest BCUT2D eigenvalue weighted by Gasteiger charge is 2.43. The van der Waals surface area contributed by atoms with Gasteiger partial charge in [0.15, 0.2) is 0 Å². The molecule has 2 nitrogen and oxygen atoms in total. The van der Waals surface area contributed by atoms with Crippen LogP contribution in [0.5, 0.6) is 0 Å². The fourth-order valence-corrected chi connectivity index (χ4v) is 2.52. The number of aliphatic hydroxyl groups is 1. The lowest BCUT2D eigenvalue weighted by atomic mass is 9.74. The van der Waals surface area contributed by atoms with Crippen LogP contribution >= 0.6 is 15.9 Å². The number of methoxy groups -OCH3 is 1. The van der Waals surface area contributed by atoms with Crippen molar-refractivity contribution in [2.45, 2.75) is 31.0 Å². The summed E-state index contributed by atoms with van der Waals surface area (Å²) in [5, 5.41) is 10.2. The van der Waals surface area contributed by atoms with Crippen molar-refractivity contribution in [2.24, 2.45) is 0 Å². The zero-order valence-electron chi connectivity index (χ0n) is 9.04. The van der Waals surface area contributed by atoms with E-state index in [2.05, 4.69) is 15.9 Å². The van der Waals surface area contributed by atoms with E-state index in [-0.39, 0.29) is 11.9 Å². The quantitative estimate of drug-likeness (QED) is 0.927. The average molecular weight is 289 g/mol. The molecule has 1 N–H and O–H groups in total. The molecule has 0 aliphatic heterocycles. The van der Waals surface area contributed by atoms with Crippen LogP contribution in [0.2, 0.25) is 0 Å². The largest absolute Gasteiger partial charge is 0.389 e. The maximum Gasteiger partial charge on any atom is 0.123 e. The third kappa shape index (κ3) is 2.44. The Morgan fingerprint density at radius 1 is 1.56 bits per heavy atom. The van der Waals surface area contributed by atoms with Crippen LogP contribution in [0.3, 0.4) is 0 Å². The van der Waals surface area contributed by atoms with Crippen LogP contribution in [0, 0.1) is 5.82 Å². The first-order chi connectivity index (χ1) is 7.52. The highest BCUT2D eigenvalue weighted by molar-refractivity contribution is 9.10. The molecule has 0 atom stereocenters. The van der Waals surface area contributed by atoms with Crippen molar-refractivity contribution >= 4 is 15.9 Å². The molecule has 1 aromatic rings. The zero-order valence-corrected chi connectivity index (χ0v) is 10.6. The molecule has 0 aromatic heterocycles. The van der Waals surface area contributed by atoms with Crippen molar-refractivity contribution in [1.29, 1.82) is 0 Å². The van der Waals surface area contributed by atoms with E-state index in [0.717, 1.165) is 10.0 Å². The Labute approximate surface area is 103 Å². The van der Waals surface area contributed by atoms with Gasteiger partial charge in [0.2, 0.25) is 0 Å². The number of ether oxygens (including phenoxy) is 1. The van der Waals surface area contributed by atoms with Gasteiger partial charge in [0.05, 0.1) is 11.7 Å². The van der Waals surface area contributed by atoms with Crippen molar-refractivity contribution in [3.63, 3.8) is 0 Å². The summed E-state index contributed by atoms with van der Waals surface area (Å²) in [5.41, 5.74) is 0.0637. The monoisotopic (exact) mass is 288 g/mol. The summed E-state index contributed by atoms with van der Waals surface area (Å²) >= 11 is 3.36. The van der Waals surface area contributed by atoms with Crippen LogP contribution in [-0.2, 0) is 11.2 Å². The zero-order chi connectivity index (χ0) is 11.8. The van der Waals surface area contributed by atoms with Crippen molar-refractivity contribution in [1.82, 2.24) is 0 Å². The van der Waals surface area contributed by atoms with Crippen LogP contribution in [0.25, 0.3) is 0 Å². The van der Waals surface area contributed by atoms with Crippen LogP contribution < -0.4 is 0 Å². The SMILES string of the molecule is COC1CC(O)(Cc2cc(F)ccc2Br)C1. The molecule has 88 valence electrons. The molecular weight excluding hydrogens is 275 g/mol. The highest BCUT2D eigenvalue weighted by Crippen LogP contribution is 2.38. The third-order valence-electron chi connectivity index (χ3n) is 3.08. The molecule has 1 fully saturated rings. The maximum absolute atomic E-state index is 13.1. The molecule has 1 aliphatic rings. The van der Waals surface area contributed by atoms with Gasteiger partial charge >= 0.3 is 0 Å². The smallest absolute Gasteiger partial charge is 0.123 e. The lowest BCUT2D eigenvalue weighted by Crippen LogP contribution is -2.49. The number of halogens is 2. The minimum Gasteiger partial charge on any atom is -0.389 e. The van der Waals surface area contributed by atoms with Crippen molar-refractivity contribution in [3.05, 3.63) is 34.1 Å². The van der Waals surface area contributed by atoms with Crippen LogP contribution in [0.4, 0.5) is 4.39 Å². The lowest BCUT2D eigenvalue weighted by Gasteiger charge is -2.43. The van der Waals surface area contributed by atoms with Gasteiger partial charge in [0.25, 0.3) is 0 Å². The fourth-order valence-electron chi connectivity index (χ4n) is 2.13. The average Bonchev–Trinajstić information content (AvgIpc) is 2.19. The van der Waals surface area contributed by atoms with E-state index in [0.29, 0.717) is 19.3 Å². The van der Waals surface area contributed by atoms with Gasteiger partial charge in [0.1, 0.15) is 5.82 Å². The predicted octanol–water partition coefficient (Wildman–Crippen LogP) is 2.67. The third-order valence-corrected chi connectivity index (χ3v) is 3.85. The van der Waals surface area contributed by atoms with E-state index in [1.54, 1.807) is 13.2 Å². The molecule has 1 aromatic carbocycles. The van der Waals surface area contributed by atoms with Gasteiger partial charge in [-0.2, -0.15) is 0 Å². The van der Waals surface area contributed by atoms with Gasteiger partial charge < -0.3 is 9.84 Å². The molecule has 0 amide bonds. The maximum atomic E-state index is 13.1. The number of benzene rings is 1. The van der Waals surface area contributed by atoms with Crippen molar-refractivity contribution < 1.29 is 14.2 Å². The number of rotatable bonds is 3. The Balaban J connectivity index is 2.07. The van der Waals surface area contributed by atoms with Crippen LogP contribution in [0.1, 0.15) is 18.4 Å². The molecule has 1 aliphatic carbocycles. The summed E-state index contributed by atoms with van der Waals surface area (Å²) in [6.45, 7) is 0. The van der Waals surface area contributed by atoms with E-state index in [4.69, 9.17) is 4.74 Å². The topological polar surface area (TPSA) is 29.5 Å². The molecular formula is C12H14BrFO2. The van der Waals surface area contributed by atoms with E-state index in [1.807, 2.05) is 0 Å². The fraction of sp³-hybridized carbons (Fsp3) is 0.500. The van der Waals surface area contributed by atoms with Gasteiger partial charge in [-0.1, -0.05) is 15.9 Å². The molecule has 0 heterocycles. The molecule has 1 saturated carbocycles. The molecule has 0 bridgehead atoms. The van der Waals surface area contributed by atoms with Gasteiger partial charge in [-0.3, -0.25) is 0 Å². The van der Waals surface area contributed by atoms with Gasteiger partial charge in [-0.25, -0.2) is 4.39 Å². The molecule has 0 saturated heterocycles. The van der Waals surface area contributed by atoms with Gasteiger partial charge in [0, 0.05) is 30.8 Å². The summed E-state index contributed by atoms with van der Waals surface area (Å²) in [7, 11) is 1.64. The van der Waals surface area contributed by atoms with E-state index in [1.165, 1.54) is 12.1 Å².